The molecule has 0 aliphatic carbocycles. The van der Waals surface area contributed by atoms with E-state index in [1.165, 1.54) is 0 Å². The fourth-order valence-electron chi connectivity index (χ4n) is 0.804. The maximum absolute atomic E-state index is 12.2. The number of halogens is 4. The van der Waals surface area contributed by atoms with Gasteiger partial charge in [-0.1, -0.05) is 11.6 Å². The molecule has 1 aromatic heterocycles. The van der Waals surface area contributed by atoms with Gasteiger partial charge in [-0.25, -0.2) is 18.6 Å². The lowest BCUT2D eigenvalue weighted by molar-refractivity contribution is 0.0694. The van der Waals surface area contributed by atoms with E-state index in [2.05, 4.69) is 4.98 Å². The van der Waals surface area contributed by atoms with Crippen LogP contribution in [0.1, 0.15) is 22.5 Å². The zero-order valence-corrected chi connectivity index (χ0v) is 9.38. The van der Waals surface area contributed by atoms with E-state index in [9.17, 15) is 13.6 Å². The summed E-state index contributed by atoms with van der Waals surface area (Å²) in [7, 11) is 0. The number of nitrogens with zero attached hydrogens (tertiary/aromatic N) is 1. The van der Waals surface area contributed by atoms with Crippen LogP contribution in [0.5, 0.6) is 0 Å². The minimum Gasteiger partial charge on any atom is -0.478 e. The number of carboxylic acids is 1. The summed E-state index contributed by atoms with van der Waals surface area (Å²) >= 11 is 7.07. The van der Waals surface area contributed by atoms with Crippen molar-refractivity contribution >= 4 is 40.2 Å². The van der Waals surface area contributed by atoms with Crippen LogP contribution in [-0.4, -0.2) is 16.1 Å². The Labute approximate surface area is 96.2 Å². The molecular weight excluding hydrogens is 330 g/mol. The van der Waals surface area contributed by atoms with Crippen LogP contribution in [0.3, 0.4) is 0 Å². The van der Waals surface area contributed by atoms with E-state index in [-0.39, 0.29) is 14.3 Å². The Kier molecular flexibility index (Phi) is 3.59. The molecule has 0 saturated heterocycles. The third-order valence-corrected chi connectivity index (χ3v) is 2.46. The van der Waals surface area contributed by atoms with E-state index in [4.69, 9.17) is 16.7 Å². The van der Waals surface area contributed by atoms with E-state index >= 15 is 0 Å². The highest BCUT2D eigenvalue weighted by Crippen LogP contribution is 2.26. The number of aromatic carboxylic acids is 1. The van der Waals surface area contributed by atoms with Gasteiger partial charge in [-0.3, -0.25) is 0 Å². The first kappa shape index (κ1) is 11.6. The molecule has 76 valence electrons. The van der Waals surface area contributed by atoms with E-state index in [0.29, 0.717) is 0 Å². The van der Waals surface area contributed by atoms with Crippen molar-refractivity contribution in [1.29, 1.82) is 0 Å². The highest BCUT2D eigenvalue weighted by atomic mass is 127. The predicted octanol–water partition coefficient (Wildman–Crippen LogP) is 2.98. The smallest absolute Gasteiger partial charge is 0.339 e. The summed E-state index contributed by atoms with van der Waals surface area (Å²) in [6, 6.07) is 0.859. The fraction of sp³-hybridized carbons (Fsp3) is 0.143. The topological polar surface area (TPSA) is 50.2 Å². The van der Waals surface area contributed by atoms with Crippen LogP contribution in [0.2, 0.25) is 5.02 Å². The maximum Gasteiger partial charge on any atom is 0.339 e. The Bertz CT molecular complexity index is 363. The number of rotatable bonds is 2. The van der Waals surface area contributed by atoms with Gasteiger partial charge in [0, 0.05) is 0 Å². The van der Waals surface area contributed by atoms with Crippen LogP contribution in [-0.2, 0) is 0 Å². The quantitative estimate of drug-likeness (QED) is 0.669. The van der Waals surface area contributed by atoms with E-state index in [1.807, 2.05) is 0 Å². The Morgan fingerprint density at radius 1 is 1.64 bits per heavy atom. The van der Waals surface area contributed by atoms with Crippen LogP contribution < -0.4 is 0 Å². The Morgan fingerprint density at radius 2 is 2.21 bits per heavy atom. The fourth-order valence-corrected chi connectivity index (χ4v) is 2.05. The van der Waals surface area contributed by atoms with Gasteiger partial charge in [0.1, 0.15) is 15.0 Å². The van der Waals surface area contributed by atoms with Crippen LogP contribution in [0.15, 0.2) is 6.07 Å². The molecule has 3 nitrogen and oxygen atoms in total. The Hall–Kier alpha value is -0.500. The normalized spacial score (nSPS) is 10.6. The maximum atomic E-state index is 12.2. The number of hydrogen-bond acceptors (Lipinski definition) is 2. The minimum atomic E-state index is -2.76. The lowest BCUT2D eigenvalue weighted by Gasteiger charge is -2.04. The van der Waals surface area contributed by atoms with Crippen molar-refractivity contribution in [2.45, 2.75) is 6.43 Å². The highest BCUT2D eigenvalue weighted by molar-refractivity contribution is 14.1. The summed E-state index contributed by atoms with van der Waals surface area (Å²) in [4.78, 5) is 14.0. The Balaban J connectivity index is 3.32. The van der Waals surface area contributed by atoms with Gasteiger partial charge in [0.05, 0.1) is 5.02 Å². The molecule has 1 heterocycles. The molecule has 0 atom stereocenters. The summed E-state index contributed by atoms with van der Waals surface area (Å²) < 4.78 is 24.3. The average molecular weight is 333 g/mol. The molecule has 0 aliphatic rings. The summed E-state index contributed by atoms with van der Waals surface area (Å²) in [6.07, 6.45) is -2.76. The SMILES string of the molecule is O=C(O)c1c(Cl)cc(C(F)F)nc1I. The van der Waals surface area contributed by atoms with Crippen molar-refractivity contribution < 1.29 is 18.7 Å². The molecule has 0 radical (unpaired) electrons. The largest absolute Gasteiger partial charge is 0.478 e. The second kappa shape index (κ2) is 4.35. The number of hydrogen-bond donors (Lipinski definition) is 1. The molecule has 0 bridgehead atoms. The average Bonchev–Trinajstić information content (AvgIpc) is 2.01. The summed E-state index contributed by atoms with van der Waals surface area (Å²) in [5.41, 5.74) is -0.777. The van der Waals surface area contributed by atoms with Gasteiger partial charge in [-0.2, -0.15) is 0 Å². The van der Waals surface area contributed by atoms with Crippen molar-refractivity contribution in [3.05, 3.63) is 26.0 Å². The molecule has 0 spiro atoms. The third kappa shape index (κ3) is 2.30. The van der Waals surface area contributed by atoms with E-state index < -0.39 is 18.1 Å². The number of carbonyl (C=O) groups is 1. The molecule has 7 heteroatoms. The second-order valence-electron chi connectivity index (χ2n) is 2.30. The molecule has 1 rings (SSSR count). The number of carboxylic acid groups (broad SMARTS) is 1. The predicted molar refractivity (Wildman–Crippen MR) is 53.9 cm³/mol. The first-order valence-corrected chi connectivity index (χ1v) is 4.76. The summed E-state index contributed by atoms with van der Waals surface area (Å²) in [5, 5.41) is 8.43. The first-order chi connectivity index (χ1) is 6.43. The molecule has 1 N–H and O–H groups in total. The van der Waals surface area contributed by atoms with Gasteiger partial charge in [0.2, 0.25) is 0 Å². The molecule has 0 fully saturated rings. The van der Waals surface area contributed by atoms with Crippen molar-refractivity contribution in [3.8, 4) is 0 Å². The van der Waals surface area contributed by atoms with Crippen molar-refractivity contribution in [1.82, 2.24) is 4.98 Å². The zero-order chi connectivity index (χ0) is 10.9. The van der Waals surface area contributed by atoms with Gasteiger partial charge in [0.15, 0.2) is 0 Å². The minimum absolute atomic E-state index is 0.0436. The monoisotopic (exact) mass is 333 g/mol. The lowest BCUT2D eigenvalue weighted by atomic mass is 10.2. The van der Waals surface area contributed by atoms with E-state index in [0.717, 1.165) is 6.07 Å². The third-order valence-electron chi connectivity index (χ3n) is 1.38. The number of aromatic nitrogens is 1. The number of pyridine rings is 1. The summed E-state index contributed by atoms with van der Waals surface area (Å²) in [6.45, 7) is 0. The summed E-state index contributed by atoms with van der Waals surface area (Å²) in [5.74, 6) is -1.28. The van der Waals surface area contributed by atoms with Crippen LogP contribution in [0, 0.1) is 3.70 Å². The zero-order valence-electron chi connectivity index (χ0n) is 6.47. The lowest BCUT2D eigenvalue weighted by Crippen LogP contribution is -2.05. The van der Waals surface area contributed by atoms with Gasteiger partial charge in [-0.15, -0.1) is 0 Å². The van der Waals surface area contributed by atoms with Gasteiger partial charge in [-0.05, 0) is 28.7 Å². The first-order valence-electron chi connectivity index (χ1n) is 3.31. The molecule has 14 heavy (non-hydrogen) atoms. The Morgan fingerprint density at radius 3 is 2.57 bits per heavy atom. The van der Waals surface area contributed by atoms with Crippen LogP contribution >= 0.6 is 34.2 Å². The van der Waals surface area contributed by atoms with Crippen LogP contribution in [0.4, 0.5) is 8.78 Å². The van der Waals surface area contributed by atoms with Crippen molar-refractivity contribution in [2.24, 2.45) is 0 Å². The van der Waals surface area contributed by atoms with Crippen LogP contribution in [0.25, 0.3) is 0 Å². The van der Waals surface area contributed by atoms with Gasteiger partial charge < -0.3 is 5.11 Å². The standard InChI is InChI=1S/C7H3ClF2INO2/c8-2-1-3(5(9)10)12-6(11)4(2)7(13)14/h1,5H,(H,13,14). The van der Waals surface area contributed by atoms with Gasteiger partial charge in [0.25, 0.3) is 6.43 Å². The van der Waals surface area contributed by atoms with E-state index in [1.54, 1.807) is 22.6 Å². The van der Waals surface area contributed by atoms with Crippen molar-refractivity contribution in [3.63, 3.8) is 0 Å². The molecular formula is C7H3ClF2INO2. The molecule has 0 aromatic carbocycles. The molecule has 0 amide bonds. The molecule has 0 saturated carbocycles. The van der Waals surface area contributed by atoms with Crippen molar-refractivity contribution in [2.75, 3.05) is 0 Å². The highest BCUT2D eigenvalue weighted by Gasteiger charge is 2.19. The molecule has 0 unspecified atom stereocenters. The number of alkyl halides is 2. The van der Waals surface area contributed by atoms with Gasteiger partial charge >= 0.3 is 5.97 Å². The molecule has 0 aliphatic heterocycles. The second-order valence-corrected chi connectivity index (χ2v) is 3.73. The molecule has 1 aromatic rings.